The van der Waals surface area contributed by atoms with E-state index in [-0.39, 0.29) is 6.61 Å². The Morgan fingerprint density at radius 2 is 1.74 bits per heavy atom. The molecule has 1 aromatic heterocycles. The SMILES string of the molecule is Cc1cccc(Oc2c(CN(CC3CC3)C[C@H](O)COc3ccccc3C)c(C)nn2-c2ccccc2)c1. The monoisotopic (exact) mass is 511 g/mol. The number of aliphatic hydroxyl groups excluding tert-OH is 1. The number of rotatable bonds is 12. The number of aromatic nitrogens is 2. The largest absolute Gasteiger partial charge is 0.491 e. The van der Waals surface area contributed by atoms with Gasteiger partial charge < -0.3 is 14.6 Å². The van der Waals surface area contributed by atoms with Crippen LogP contribution in [-0.4, -0.2) is 45.6 Å². The van der Waals surface area contributed by atoms with Gasteiger partial charge in [0.2, 0.25) is 5.88 Å². The summed E-state index contributed by atoms with van der Waals surface area (Å²) < 4.78 is 14.4. The standard InChI is InChI=1S/C32H37N3O3/c1-23-10-9-14-29(18-23)38-32-30(25(3)33-35(32)27-12-5-4-6-13-27)21-34(19-26-16-17-26)20-28(36)22-37-31-15-8-7-11-24(31)2/h4-15,18,26,28,36H,16-17,19-22H2,1-3H3/t28-/m0/s1. The summed E-state index contributed by atoms with van der Waals surface area (Å²) in [6.45, 7) is 8.45. The molecule has 198 valence electrons. The molecule has 3 aromatic carbocycles. The first-order chi connectivity index (χ1) is 18.5. The van der Waals surface area contributed by atoms with Crippen molar-refractivity contribution in [3.8, 4) is 23.1 Å². The molecule has 6 heteroatoms. The zero-order chi connectivity index (χ0) is 26.5. The van der Waals surface area contributed by atoms with Crippen molar-refractivity contribution in [3.05, 3.63) is 101 Å². The Balaban J connectivity index is 1.39. The fourth-order valence-corrected chi connectivity index (χ4v) is 4.71. The van der Waals surface area contributed by atoms with Gasteiger partial charge in [0.1, 0.15) is 24.2 Å². The van der Waals surface area contributed by atoms with Crippen molar-refractivity contribution in [2.75, 3.05) is 19.7 Å². The van der Waals surface area contributed by atoms with Gasteiger partial charge in [0, 0.05) is 19.6 Å². The zero-order valence-corrected chi connectivity index (χ0v) is 22.5. The summed E-state index contributed by atoms with van der Waals surface area (Å²) in [6, 6.07) is 26.1. The average molecular weight is 512 g/mol. The summed E-state index contributed by atoms with van der Waals surface area (Å²) in [5, 5.41) is 15.8. The van der Waals surface area contributed by atoms with E-state index in [0.717, 1.165) is 46.1 Å². The lowest BCUT2D eigenvalue weighted by atomic mass is 10.2. The zero-order valence-electron chi connectivity index (χ0n) is 22.5. The predicted molar refractivity (Wildman–Crippen MR) is 150 cm³/mol. The second-order valence-electron chi connectivity index (χ2n) is 10.4. The van der Waals surface area contributed by atoms with Gasteiger partial charge >= 0.3 is 0 Å². The van der Waals surface area contributed by atoms with E-state index in [2.05, 4.69) is 17.9 Å². The first-order valence-electron chi connectivity index (χ1n) is 13.4. The first-order valence-corrected chi connectivity index (χ1v) is 13.4. The molecule has 1 aliphatic carbocycles. The maximum atomic E-state index is 11.0. The molecule has 1 aliphatic rings. The molecule has 0 bridgehead atoms. The maximum Gasteiger partial charge on any atom is 0.227 e. The maximum absolute atomic E-state index is 11.0. The van der Waals surface area contributed by atoms with Crippen molar-refractivity contribution in [1.29, 1.82) is 0 Å². The number of aliphatic hydroxyl groups is 1. The Morgan fingerprint density at radius 3 is 2.47 bits per heavy atom. The molecular formula is C32H37N3O3. The Kier molecular flexibility index (Phi) is 8.11. The van der Waals surface area contributed by atoms with Crippen LogP contribution in [0.4, 0.5) is 0 Å². The molecule has 1 saturated carbocycles. The summed E-state index contributed by atoms with van der Waals surface area (Å²) in [4.78, 5) is 2.33. The van der Waals surface area contributed by atoms with Crippen LogP contribution >= 0.6 is 0 Å². The molecule has 1 atom stereocenters. The van der Waals surface area contributed by atoms with Crippen molar-refractivity contribution in [1.82, 2.24) is 14.7 Å². The van der Waals surface area contributed by atoms with Crippen LogP contribution in [0.25, 0.3) is 5.69 Å². The second-order valence-corrected chi connectivity index (χ2v) is 10.4. The molecular weight excluding hydrogens is 474 g/mol. The van der Waals surface area contributed by atoms with Crippen LogP contribution in [-0.2, 0) is 6.54 Å². The average Bonchev–Trinajstić information content (AvgIpc) is 3.68. The summed E-state index contributed by atoms with van der Waals surface area (Å²) in [7, 11) is 0. The first kappa shape index (κ1) is 26.0. The Hall–Kier alpha value is -3.61. The number of nitrogens with zero attached hydrogens (tertiary/aromatic N) is 3. The molecule has 1 N–H and O–H groups in total. The van der Waals surface area contributed by atoms with Gasteiger partial charge in [-0.2, -0.15) is 5.10 Å². The second kappa shape index (κ2) is 11.8. The minimum absolute atomic E-state index is 0.251. The molecule has 38 heavy (non-hydrogen) atoms. The van der Waals surface area contributed by atoms with Crippen LogP contribution in [0.2, 0.25) is 0 Å². The number of hydrogen-bond donors (Lipinski definition) is 1. The molecule has 0 radical (unpaired) electrons. The van der Waals surface area contributed by atoms with Crippen LogP contribution in [0.5, 0.6) is 17.4 Å². The van der Waals surface area contributed by atoms with Gasteiger partial charge in [-0.3, -0.25) is 4.90 Å². The van der Waals surface area contributed by atoms with Crippen molar-refractivity contribution in [2.24, 2.45) is 5.92 Å². The van der Waals surface area contributed by atoms with E-state index in [1.54, 1.807) is 0 Å². The molecule has 6 nitrogen and oxygen atoms in total. The molecule has 1 heterocycles. The van der Waals surface area contributed by atoms with Gasteiger partial charge in [-0.05, 0) is 81.0 Å². The predicted octanol–water partition coefficient (Wildman–Crippen LogP) is 6.24. The van der Waals surface area contributed by atoms with Gasteiger partial charge in [-0.15, -0.1) is 0 Å². The fourth-order valence-electron chi connectivity index (χ4n) is 4.71. The third-order valence-corrected chi connectivity index (χ3v) is 6.93. The van der Waals surface area contributed by atoms with Gasteiger partial charge in [0.15, 0.2) is 0 Å². The van der Waals surface area contributed by atoms with Crippen LogP contribution in [0.3, 0.4) is 0 Å². The molecule has 0 unspecified atom stereocenters. The smallest absolute Gasteiger partial charge is 0.227 e. The number of benzene rings is 3. The molecule has 0 saturated heterocycles. The van der Waals surface area contributed by atoms with Crippen molar-refractivity contribution in [2.45, 2.75) is 46.3 Å². The highest BCUT2D eigenvalue weighted by atomic mass is 16.5. The van der Waals surface area contributed by atoms with Crippen molar-refractivity contribution >= 4 is 0 Å². The van der Waals surface area contributed by atoms with Crippen LogP contribution in [0, 0.1) is 26.7 Å². The summed E-state index contributed by atoms with van der Waals surface area (Å²) in [5.41, 5.74) is 5.10. The van der Waals surface area contributed by atoms with Crippen molar-refractivity contribution < 1.29 is 14.6 Å². The van der Waals surface area contributed by atoms with Crippen LogP contribution in [0.15, 0.2) is 78.9 Å². The summed E-state index contributed by atoms with van der Waals surface area (Å²) >= 11 is 0. The molecule has 0 spiro atoms. The number of aryl methyl sites for hydroxylation is 3. The Morgan fingerprint density at radius 1 is 0.974 bits per heavy atom. The topological polar surface area (TPSA) is 59.8 Å². The van der Waals surface area contributed by atoms with E-state index in [1.807, 2.05) is 91.3 Å². The fraction of sp³-hybridized carbons (Fsp3) is 0.344. The molecule has 1 fully saturated rings. The van der Waals surface area contributed by atoms with E-state index in [9.17, 15) is 5.11 Å². The highest BCUT2D eigenvalue weighted by molar-refractivity contribution is 5.43. The number of hydrogen-bond acceptors (Lipinski definition) is 5. The minimum Gasteiger partial charge on any atom is -0.491 e. The third-order valence-electron chi connectivity index (χ3n) is 6.93. The molecule has 5 rings (SSSR count). The van der Waals surface area contributed by atoms with Crippen molar-refractivity contribution in [3.63, 3.8) is 0 Å². The molecule has 0 amide bonds. The van der Waals surface area contributed by atoms with Crippen LogP contribution < -0.4 is 9.47 Å². The third kappa shape index (κ3) is 6.63. The van der Waals surface area contributed by atoms with Gasteiger partial charge in [0.25, 0.3) is 0 Å². The highest BCUT2D eigenvalue weighted by Gasteiger charge is 2.28. The van der Waals surface area contributed by atoms with Gasteiger partial charge in [0.05, 0.1) is 16.9 Å². The molecule has 4 aromatic rings. The number of ether oxygens (including phenoxy) is 2. The quantitative estimate of drug-likeness (QED) is 0.244. The number of para-hydroxylation sites is 2. The lowest BCUT2D eigenvalue weighted by molar-refractivity contribution is 0.0634. The van der Waals surface area contributed by atoms with E-state index < -0.39 is 6.10 Å². The normalized spacial score (nSPS) is 14.0. The summed E-state index contributed by atoms with van der Waals surface area (Å²) in [5.74, 6) is 2.98. The Bertz CT molecular complexity index is 1350. The van der Waals surface area contributed by atoms with E-state index >= 15 is 0 Å². The van der Waals surface area contributed by atoms with Gasteiger partial charge in [-0.25, -0.2) is 4.68 Å². The minimum atomic E-state index is -0.612. The van der Waals surface area contributed by atoms with E-state index in [4.69, 9.17) is 14.6 Å². The lowest BCUT2D eigenvalue weighted by Gasteiger charge is -2.25. The van der Waals surface area contributed by atoms with E-state index in [1.165, 1.54) is 12.8 Å². The lowest BCUT2D eigenvalue weighted by Crippen LogP contribution is -2.36. The van der Waals surface area contributed by atoms with E-state index in [0.29, 0.717) is 24.9 Å². The Labute approximate surface area is 225 Å². The van der Waals surface area contributed by atoms with Gasteiger partial charge in [-0.1, -0.05) is 48.5 Å². The van der Waals surface area contributed by atoms with Crippen LogP contribution in [0.1, 0.15) is 35.2 Å². The molecule has 0 aliphatic heterocycles. The summed E-state index contributed by atoms with van der Waals surface area (Å²) in [6.07, 6.45) is 1.86. The highest BCUT2D eigenvalue weighted by Crippen LogP contribution is 2.34.